The van der Waals surface area contributed by atoms with Gasteiger partial charge in [-0.2, -0.15) is 0 Å². The normalized spacial score (nSPS) is 23.1. The van der Waals surface area contributed by atoms with Crippen molar-refractivity contribution in [1.29, 1.82) is 0 Å². The Morgan fingerprint density at radius 2 is 1.84 bits per heavy atom. The molecule has 1 aromatic carbocycles. The number of carbonyl (C=O) groups excluding carboxylic acids is 3. The van der Waals surface area contributed by atoms with E-state index in [1.54, 1.807) is 0 Å². The molecule has 3 rings (SSSR count). The van der Waals surface area contributed by atoms with Gasteiger partial charge in [-0.3, -0.25) is 14.4 Å². The molecule has 0 aromatic heterocycles. The Morgan fingerprint density at radius 1 is 1.13 bits per heavy atom. The minimum absolute atomic E-state index is 0.0359. The van der Waals surface area contributed by atoms with Crippen LogP contribution in [0.4, 0.5) is 0 Å². The van der Waals surface area contributed by atoms with Crippen molar-refractivity contribution in [2.75, 3.05) is 6.54 Å². The Morgan fingerprint density at radius 3 is 2.47 bits per heavy atom. The van der Waals surface area contributed by atoms with E-state index in [1.807, 2.05) is 82.9 Å². The first-order valence-corrected chi connectivity index (χ1v) is 14.1. The maximum absolute atomic E-state index is 13.7. The van der Waals surface area contributed by atoms with E-state index in [9.17, 15) is 14.4 Å². The summed E-state index contributed by atoms with van der Waals surface area (Å²) in [4.78, 5) is 42.2. The van der Waals surface area contributed by atoms with Crippen molar-refractivity contribution in [3.8, 4) is 0 Å². The molecule has 2 aliphatic rings. The highest BCUT2D eigenvalue weighted by Gasteiger charge is 2.41. The summed E-state index contributed by atoms with van der Waals surface area (Å²) in [6.45, 7) is 12.6. The topological polar surface area (TPSA) is 84.9 Å². The monoisotopic (exact) mass is 526 g/mol. The van der Waals surface area contributed by atoms with Gasteiger partial charge in [0.05, 0.1) is 30.6 Å². The van der Waals surface area contributed by atoms with Gasteiger partial charge in [0.15, 0.2) is 0 Å². The van der Waals surface area contributed by atoms with Crippen LogP contribution in [0.25, 0.3) is 0 Å². The van der Waals surface area contributed by atoms with E-state index < -0.39 is 23.5 Å². The molecule has 1 aromatic rings. The van der Waals surface area contributed by atoms with Crippen molar-refractivity contribution < 1.29 is 23.9 Å². The molecule has 5 atom stereocenters. The van der Waals surface area contributed by atoms with Gasteiger partial charge in [0.2, 0.25) is 11.8 Å². The molecular formula is C31H46N2O5. The Labute approximate surface area is 228 Å². The van der Waals surface area contributed by atoms with Gasteiger partial charge < -0.3 is 19.7 Å². The second kappa shape index (κ2) is 13.4. The molecule has 0 radical (unpaired) electrons. The molecule has 0 saturated carbocycles. The minimum atomic E-state index is -0.660. The molecule has 2 heterocycles. The molecule has 1 saturated heterocycles. The molecule has 7 nitrogen and oxygen atoms in total. The molecular weight excluding hydrogens is 480 g/mol. The average molecular weight is 527 g/mol. The number of amides is 2. The number of hydrogen-bond donors (Lipinski definition) is 1. The fraction of sp³-hybridized carbons (Fsp3) is 0.645. The molecule has 1 N–H and O–H groups in total. The van der Waals surface area contributed by atoms with E-state index in [0.717, 1.165) is 18.4 Å². The molecule has 0 unspecified atom stereocenters. The number of esters is 1. The van der Waals surface area contributed by atoms with Gasteiger partial charge in [0, 0.05) is 6.54 Å². The summed E-state index contributed by atoms with van der Waals surface area (Å²) in [5.41, 5.74) is 0.470. The van der Waals surface area contributed by atoms with Crippen LogP contribution in [0.5, 0.6) is 0 Å². The van der Waals surface area contributed by atoms with Crippen LogP contribution in [-0.2, 0) is 30.5 Å². The summed E-state index contributed by atoms with van der Waals surface area (Å²) in [7, 11) is 0. The summed E-state index contributed by atoms with van der Waals surface area (Å²) in [6, 6.07) is 9.31. The fourth-order valence-electron chi connectivity index (χ4n) is 5.38. The van der Waals surface area contributed by atoms with Crippen LogP contribution in [-0.4, -0.2) is 53.0 Å². The minimum Gasteiger partial charge on any atom is -0.460 e. The lowest BCUT2D eigenvalue weighted by atomic mass is 9.81. The summed E-state index contributed by atoms with van der Waals surface area (Å²) in [5.74, 6) is -1.57. The van der Waals surface area contributed by atoms with Crippen LogP contribution in [0.3, 0.4) is 0 Å². The lowest BCUT2D eigenvalue weighted by Crippen LogP contribution is -2.51. The number of nitrogens with zero attached hydrogens (tertiary/aromatic N) is 1. The van der Waals surface area contributed by atoms with E-state index in [-0.39, 0.29) is 35.8 Å². The van der Waals surface area contributed by atoms with Crippen molar-refractivity contribution in [3.63, 3.8) is 0 Å². The standard InChI is InChI=1S/C31H46N2O5/c1-7-12-25(30(36)38-31(4,5)6)26(17-21(2)3)28(34)32-27-16-11-15-23-18-24(19-33(23)29(27)35)37-20-22-13-9-8-10-14-22/h8-11,13-15,21,23-27H,7,12,16-20H2,1-6H3,(H,32,34)/t23-,24-,25+,26-,27+/m1/s1. The van der Waals surface area contributed by atoms with Crippen LogP contribution in [0.2, 0.25) is 0 Å². The van der Waals surface area contributed by atoms with Crippen LogP contribution < -0.4 is 5.32 Å². The number of rotatable bonds is 11. The number of ether oxygens (including phenoxy) is 2. The second-order valence-corrected chi connectivity index (χ2v) is 12.1. The third kappa shape index (κ3) is 8.42. The molecule has 0 aliphatic carbocycles. The molecule has 38 heavy (non-hydrogen) atoms. The predicted octanol–water partition coefficient (Wildman–Crippen LogP) is 5.04. The predicted molar refractivity (Wildman–Crippen MR) is 148 cm³/mol. The smallest absolute Gasteiger partial charge is 0.310 e. The van der Waals surface area contributed by atoms with Crippen molar-refractivity contribution >= 4 is 17.8 Å². The summed E-state index contributed by atoms with van der Waals surface area (Å²) < 4.78 is 11.8. The highest BCUT2D eigenvalue weighted by molar-refractivity contribution is 5.91. The maximum Gasteiger partial charge on any atom is 0.310 e. The van der Waals surface area contributed by atoms with Crippen LogP contribution in [0.1, 0.15) is 79.2 Å². The Hall–Kier alpha value is -2.67. The molecule has 7 heteroatoms. The number of nitrogens with one attached hydrogen (secondary N) is 1. The first-order chi connectivity index (χ1) is 18.0. The van der Waals surface area contributed by atoms with Crippen LogP contribution in [0.15, 0.2) is 42.5 Å². The lowest BCUT2D eigenvalue weighted by molar-refractivity contribution is -0.164. The third-order valence-corrected chi connectivity index (χ3v) is 7.12. The molecule has 2 amide bonds. The van der Waals surface area contributed by atoms with Crippen molar-refractivity contribution in [2.45, 2.75) is 104 Å². The SMILES string of the molecule is CCC[C@H](C(=O)OC(C)(C)C)[C@@H](CC(C)C)C(=O)N[C@H]1CC=C[C@@H]2C[C@@H](OCc3ccccc3)CN2C1=O. The fourth-order valence-corrected chi connectivity index (χ4v) is 5.38. The molecule has 0 spiro atoms. The van der Waals surface area contributed by atoms with Gasteiger partial charge in [-0.1, -0.05) is 69.7 Å². The Bertz CT molecular complexity index is 968. The van der Waals surface area contributed by atoms with E-state index in [2.05, 4.69) is 11.4 Å². The lowest BCUT2D eigenvalue weighted by Gasteiger charge is -2.31. The van der Waals surface area contributed by atoms with Crippen molar-refractivity contribution in [2.24, 2.45) is 17.8 Å². The average Bonchev–Trinajstić information content (AvgIpc) is 3.20. The second-order valence-electron chi connectivity index (χ2n) is 12.1. The van der Waals surface area contributed by atoms with Crippen LogP contribution >= 0.6 is 0 Å². The number of fused-ring (bicyclic) bond motifs is 1. The highest BCUT2D eigenvalue weighted by Crippen LogP contribution is 2.30. The largest absolute Gasteiger partial charge is 0.460 e. The van der Waals surface area contributed by atoms with Gasteiger partial charge in [-0.25, -0.2) is 0 Å². The van der Waals surface area contributed by atoms with E-state index in [0.29, 0.717) is 32.4 Å². The number of benzene rings is 1. The zero-order valence-electron chi connectivity index (χ0n) is 23.9. The summed E-state index contributed by atoms with van der Waals surface area (Å²) in [5, 5.41) is 3.03. The maximum atomic E-state index is 13.7. The van der Waals surface area contributed by atoms with Gasteiger partial charge in [-0.15, -0.1) is 0 Å². The molecule has 2 aliphatic heterocycles. The quantitative estimate of drug-likeness (QED) is 0.323. The van der Waals surface area contributed by atoms with E-state index in [1.165, 1.54) is 0 Å². The first kappa shape index (κ1) is 29.9. The zero-order chi connectivity index (χ0) is 27.9. The first-order valence-electron chi connectivity index (χ1n) is 14.1. The van der Waals surface area contributed by atoms with Crippen molar-refractivity contribution in [1.82, 2.24) is 10.2 Å². The zero-order valence-corrected chi connectivity index (χ0v) is 23.9. The van der Waals surface area contributed by atoms with Gasteiger partial charge in [-0.05, 0) is 57.9 Å². The van der Waals surface area contributed by atoms with E-state index >= 15 is 0 Å². The third-order valence-electron chi connectivity index (χ3n) is 7.12. The van der Waals surface area contributed by atoms with E-state index in [4.69, 9.17) is 9.47 Å². The number of carbonyl (C=O) groups is 3. The van der Waals surface area contributed by atoms with Gasteiger partial charge in [0.25, 0.3) is 0 Å². The summed E-state index contributed by atoms with van der Waals surface area (Å²) >= 11 is 0. The summed E-state index contributed by atoms with van der Waals surface area (Å²) in [6.07, 6.45) is 7.04. The van der Waals surface area contributed by atoms with Gasteiger partial charge in [0.1, 0.15) is 11.6 Å². The molecule has 210 valence electrons. The van der Waals surface area contributed by atoms with Crippen LogP contribution in [0, 0.1) is 17.8 Å². The molecule has 0 bridgehead atoms. The Kier molecular flexibility index (Phi) is 10.5. The Balaban J connectivity index is 1.68. The van der Waals surface area contributed by atoms with Gasteiger partial charge >= 0.3 is 5.97 Å². The molecule has 1 fully saturated rings. The van der Waals surface area contributed by atoms with Crippen molar-refractivity contribution in [3.05, 3.63) is 48.0 Å². The number of hydrogen-bond acceptors (Lipinski definition) is 5. The highest BCUT2D eigenvalue weighted by atomic mass is 16.6.